The lowest BCUT2D eigenvalue weighted by Crippen LogP contribution is -2.18. The van der Waals surface area contributed by atoms with Crippen LogP contribution in [0.25, 0.3) is 0 Å². The smallest absolute Gasteiger partial charge is 0.286 e. The first kappa shape index (κ1) is 18.9. The standard InChI is InChI=1S/C18H19F3N4O2/c1-9(11-3-2-4-12(14(11)19)15(20)21)24-17-13(27-8-10-5-6-10)7-23-18(25-17)16(22)26/h2-4,7,9-10,15H,5-6,8H2,1H3,(H2,22,26)(H,23,24,25)/t9-/m1/s1. The van der Waals surface area contributed by atoms with E-state index < -0.39 is 29.8 Å². The van der Waals surface area contributed by atoms with Gasteiger partial charge in [-0.05, 0) is 25.7 Å². The number of anilines is 1. The number of carbonyl (C=O) groups is 1. The molecule has 27 heavy (non-hydrogen) atoms. The molecule has 0 saturated heterocycles. The number of nitrogens with one attached hydrogen (secondary N) is 1. The molecule has 1 aromatic heterocycles. The number of halogens is 3. The van der Waals surface area contributed by atoms with Gasteiger partial charge in [-0.2, -0.15) is 0 Å². The van der Waals surface area contributed by atoms with Gasteiger partial charge >= 0.3 is 0 Å². The van der Waals surface area contributed by atoms with Gasteiger partial charge in [0.2, 0.25) is 5.82 Å². The highest BCUT2D eigenvalue weighted by Crippen LogP contribution is 2.33. The molecule has 1 atom stereocenters. The maximum absolute atomic E-state index is 14.4. The lowest BCUT2D eigenvalue weighted by molar-refractivity contribution is 0.0990. The van der Waals surface area contributed by atoms with E-state index in [1.54, 1.807) is 6.92 Å². The van der Waals surface area contributed by atoms with E-state index in [1.165, 1.54) is 18.3 Å². The summed E-state index contributed by atoms with van der Waals surface area (Å²) in [7, 11) is 0. The van der Waals surface area contributed by atoms with Gasteiger partial charge in [0.1, 0.15) is 5.82 Å². The Kier molecular flexibility index (Phi) is 5.48. The number of hydrogen-bond acceptors (Lipinski definition) is 5. The minimum absolute atomic E-state index is 0.0418. The summed E-state index contributed by atoms with van der Waals surface area (Å²) in [4.78, 5) is 19.2. The second-order valence-electron chi connectivity index (χ2n) is 6.44. The second kappa shape index (κ2) is 7.81. The van der Waals surface area contributed by atoms with Gasteiger partial charge in [-0.3, -0.25) is 4.79 Å². The van der Waals surface area contributed by atoms with E-state index >= 15 is 0 Å². The third-order valence-electron chi connectivity index (χ3n) is 4.26. The Labute approximate surface area is 154 Å². The second-order valence-corrected chi connectivity index (χ2v) is 6.44. The topological polar surface area (TPSA) is 90.1 Å². The van der Waals surface area contributed by atoms with Gasteiger partial charge in [0.15, 0.2) is 11.6 Å². The van der Waals surface area contributed by atoms with Gasteiger partial charge in [0, 0.05) is 5.56 Å². The van der Waals surface area contributed by atoms with Crippen molar-refractivity contribution >= 4 is 11.7 Å². The van der Waals surface area contributed by atoms with Gasteiger partial charge in [-0.25, -0.2) is 23.1 Å². The number of primary amides is 1. The summed E-state index contributed by atoms with van der Waals surface area (Å²) in [5.74, 6) is -1.16. The molecule has 0 spiro atoms. The quantitative estimate of drug-likeness (QED) is 0.730. The molecule has 1 saturated carbocycles. The van der Waals surface area contributed by atoms with Crippen LogP contribution in [0.5, 0.6) is 5.75 Å². The van der Waals surface area contributed by atoms with Crippen LogP contribution in [0.3, 0.4) is 0 Å². The molecule has 144 valence electrons. The van der Waals surface area contributed by atoms with Gasteiger partial charge in [0.05, 0.1) is 24.4 Å². The fourth-order valence-corrected chi connectivity index (χ4v) is 2.54. The summed E-state index contributed by atoms with van der Waals surface area (Å²) >= 11 is 0. The number of ether oxygens (including phenoxy) is 1. The summed E-state index contributed by atoms with van der Waals surface area (Å²) in [6.07, 6.45) is 0.544. The molecule has 2 aromatic rings. The number of alkyl halides is 2. The van der Waals surface area contributed by atoms with Crippen molar-refractivity contribution < 1.29 is 22.7 Å². The number of nitrogens with zero attached hydrogens (tertiary/aromatic N) is 2. The van der Waals surface area contributed by atoms with Crippen molar-refractivity contribution in [3.8, 4) is 5.75 Å². The maximum Gasteiger partial charge on any atom is 0.286 e. The molecule has 0 bridgehead atoms. The number of benzene rings is 1. The monoisotopic (exact) mass is 380 g/mol. The Hall–Kier alpha value is -2.84. The molecule has 1 amide bonds. The minimum atomic E-state index is -2.92. The molecule has 0 unspecified atom stereocenters. The Morgan fingerprint density at radius 1 is 1.37 bits per heavy atom. The average Bonchev–Trinajstić information content (AvgIpc) is 3.44. The van der Waals surface area contributed by atoms with Crippen LogP contribution in [-0.2, 0) is 0 Å². The molecular formula is C18H19F3N4O2. The number of hydrogen-bond donors (Lipinski definition) is 2. The van der Waals surface area contributed by atoms with Crippen LogP contribution in [0.2, 0.25) is 0 Å². The van der Waals surface area contributed by atoms with Crippen LogP contribution in [0.1, 0.15) is 54.0 Å². The van der Waals surface area contributed by atoms with Gasteiger partial charge in [-0.1, -0.05) is 18.2 Å². The highest BCUT2D eigenvalue weighted by Gasteiger charge is 2.24. The van der Waals surface area contributed by atoms with E-state index in [0.29, 0.717) is 12.5 Å². The first-order chi connectivity index (χ1) is 12.9. The molecule has 9 heteroatoms. The summed E-state index contributed by atoms with van der Waals surface area (Å²) in [5, 5.41) is 2.90. The lowest BCUT2D eigenvalue weighted by Gasteiger charge is -2.19. The maximum atomic E-state index is 14.4. The van der Waals surface area contributed by atoms with Crippen molar-refractivity contribution in [2.45, 2.75) is 32.2 Å². The van der Waals surface area contributed by atoms with E-state index in [1.807, 2.05) is 0 Å². The van der Waals surface area contributed by atoms with Crippen LogP contribution in [-0.4, -0.2) is 22.5 Å². The van der Waals surface area contributed by atoms with Crippen molar-refractivity contribution in [3.05, 3.63) is 47.2 Å². The molecule has 1 heterocycles. The summed E-state index contributed by atoms with van der Waals surface area (Å²) < 4.78 is 45.9. The fraction of sp³-hybridized carbons (Fsp3) is 0.389. The summed E-state index contributed by atoms with van der Waals surface area (Å²) in [6, 6.07) is 3.08. The van der Waals surface area contributed by atoms with Crippen LogP contribution in [0.15, 0.2) is 24.4 Å². The number of rotatable bonds is 8. The van der Waals surface area contributed by atoms with Crippen molar-refractivity contribution in [1.29, 1.82) is 0 Å². The molecule has 1 aliphatic carbocycles. The zero-order valence-corrected chi connectivity index (χ0v) is 14.6. The van der Waals surface area contributed by atoms with E-state index in [0.717, 1.165) is 18.9 Å². The van der Waals surface area contributed by atoms with Crippen molar-refractivity contribution in [2.24, 2.45) is 11.7 Å². The Bertz CT molecular complexity index is 843. The molecule has 0 radical (unpaired) electrons. The van der Waals surface area contributed by atoms with E-state index in [-0.39, 0.29) is 23.0 Å². The van der Waals surface area contributed by atoms with Gasteiger partial charge in [-0.15, -0.1) is 0 Å². The first-order valence-electron chi connectivity index (χ1n) is 8.49. The molecule has 3 N–H and O–H groups in total. The Balaban J connectivity index is 1.87. The Morgan fingerprint density at radius 3 is 2.70 bits per heavy atom. The third-order valence-corrected chi connectivity index (χ3v) is 4.26. The summed E-state index contributed by atoms with van der Waals surface area (Å²) in [6.45, 7) is 2.06. The lowest BCUT2D eigenvalue weighted by atomic mass is 10.0. The van der Waals surface area contributed by atoms with Crippen LogP contribution >= 0.6 is 0 Å². The molecule has 3 rings (SSSR count). The normalized spacial score (nSPS) is 14.9. The molecule has 6 nitrogen and oxygen atoms in total. The molecule has 1 aromatic carbocycles. The first-order valence-corrected chi connectivity index (χ1v) is 8.49. The summed E-state index contributed by atoms with van der Waals surface area (Å²) in [5.41, 5.74) is 4.58. The van der Waals surface area contributed by atoms with Crippen molar-refractivity contribution in [1.82, 2.24) is 9.97 Å². The van der Waals surface area contributed by atoms with E-state index in [2.05, 4.69) is 15.3 Å². The van der Waals surface area contributed by atoms with Gasteiger partial charge in [0.25, 0.3) is 12.3 Å². The Morgan fingerprint density at radius 2 is 2.07 bits per heavy atom. The van der Waals surface area contributed by atoms with Crippen LogP contribution < -0.4 is 15.8 Å². The SMILES string of the molecule is C[C@@H](Nc1nc(C(N)=O)ncc1OCC1CC1)c1cccc(C(F)F)c1F. The fourth-order valence-electron chi connectivity index (χ4n) is 2.54. The predicted molar refractivity (Wildman–Crippen MR) is 92.2 cm³/mol. The van der Waals surface area contributed by atoms with E-state index in [9.17, 15) is 18.0 Å². The average molecular weight is 380 g/mol. The zero-order valence-electron chi connectivity index (χ0n) is 14.6. The highest BCUT2D eigenvalue weighted by molar-refractivity contribution is 5.89. The highest BCUT2D eigenvalue weighted by atomic mass is 19.3. The van der Waals surface area contributed by atoms with Crippen LogP contribution in [0.4, 0.5) is 19.0 Å². The van der Waals surface area contributed by atoms with E-state index in [4.69, 9.17) is 10.5 Å². The number of nitrogens with two attached hydrogens (primary N) is 1. The third kappa shape index (κ3) is 4.47. The molecule has 1 aliphatic rings. The zero-order chi connectivity index (χ0) is 19.6. The molecule has 1 fully saturated rings. The number of carbonyl (C=O) groups excluding carboxylic acids is 1. The van der Waals surface area contributed by atoms with Crippen LogP contribution in [0, 0.1) is 11.7 Å². The van der Waals surface area contributed by atoms with Gasteiger partial charge < -0.3 is 15.8 Å². The van der Waals surface area contributed by atoms with Crippen molar-refractivity contribution in [3.63, 3.8) is 0 Å². The minimum Gasteiger partial charge on any atom is -0.488 e. The molecular weight excluding hydrogens is 361 g/mol. The van der Waals surface area contributed by atoms with Crippen molar-refractivity contribution in [2.75, 3.05) is 11.9 Å². The largest absolute Gasteiger partial charge is 0.488 e. The number of amides is 1. The molecule has 0 aliphatic heterocycles. The number of aromatic nitrogens is 2. The predicted octanol–water partition coefficient (Wildman–Crippen LogP) is 3.61.